The first-order valence-electron chi connectivity index (χ1n) is 3.58. The van der Waals surface area contributed by atoms with Gasteiger partial charge in [-0.2, -0.15) is 0 Å². The van der Waals surface area contributed by atoms with Gasteiger partial charge in [0, 0.05) is 0 Å². The molecule has 0 radical (unpaired) electrons. The molecular weight excluding hydrogens is 116 g/mol. The van der Waals surface area contributed by atoms with Crippen LogP contribution in [0.3, 0.4) is 0 Å². The number of carbonyl (C=O) groups is 1. The van der Waals surface area contributed by atoms with Crippen molar-refractivity contribution in [1.82, 2.24) is 0 Å². The lowest BCUT2D eigenvalue weighted by atomic mass is 9.95. The molecule has 0 aromatic rings. The Morgan fingerprint density at radius 2 is 2.67 bits per heavy atom. The predicted octanol–water partition coefficient (Wildman–Crippen LogP) is 1.43. The Labute approximate surface area is 55.6 Å². The van der Waals surface area contributed by atoms with Gasteiger partial charge < -0.3 is 5.11 Å². The minimum atomic E-state index is -0.766. The molecule has 0 spiro atoms. The largest absolute Gasteiger partial charge is 0.481 e. The van der Waals surface area contributed by atoms with Crippen LogP contribution in [0, 0.1) is 5.92 Å². The topological polar surface area (TPSA) is 37.3 Å². The molecule has 2 heteroatoms. The van der Waals surface area contributed by atoms with Gasteiger partial charge in [0.15, 0.2) is 0 Å². The monoisotopic (exact) mass is 127 g/mol. The van der Waals surface area contributed by atoms with Crippen molar-refractivity contribution in [3.63, 3.8) is 0 Å². The van der Waals surface area contributed by atoms with Crippen LogP contribution in [0.2, 0.25) is 0 Å². The van der Waals surface area contributed by atoms with E-state index in [-0.39, 0.29) is 5.92 Å². The number of allylic oxidation sites excluding steroid dienone is 2. The second kappa shape index (κ2) is 2.67. The molecule has 0 saturated carbocycles. The molecule has 0 aromatic carbocycles. The number of hydrogen-bond donors (Lipinski definition) is 1. The van der Waals surface area contributed by atoms with Crippen LogP contribution in [-0.2, 0) is 4.79 Å². The van der Waals surface area contributed by atoms with Crippen LogP contribution in [0.1, 0.15) is 20.6 Å². The Morgan fingerprint density at radius 3 is 3.11 bits per heavy atom. The lowest BCUT2D eigenvalue weighted by Gasteiger charge is -2.11. The molecule has 0 bridgehead atoms. The number of aliphatic carboxylic acids is 1. The van der Waals surface area contributed by atoms with Crippen LogP contribution in [0.4, 0.5) is 0 Å². The van der Waals surface area contributed by atoms with E-state index in [0.717, 1.165) is 6.42 Å². The van der Waals surface area contributed by atoms with Crippen LogP contribution in [0.5, 0.6) is 0 Å². The highest BCUT2D eigenvalue weighted by Gasteiger charge is 2.16. The summed E-state index contributed by atoms with van der Waals surface area (Å²) in [5, 5.41) is 8.55. The fourth-order valence-corrected chi connectivity index (χ4v) is 0.925. The zero-order valence-corrected chi connectivity index (χ0v) is 5.13. The van der Waals surface area contributed by atoms with E-state index in [4.69, 9.17) is 6.48 Å². The predicted molar refractivity (Wildman–Crippen MR) is 34.1 cm³/mol. The molecule has 1 rings (SSSR count). The summed E-state index contributed by atoms with van der Waals surface area (Å²) < 4.78 is 7.19. The highest BCUT2D eigenvalue weighted by atomic mass is 16.4. The van der Waals surface area contributed by atoms with E-state index >= 15 is 0 Å². The minimum absolute atomic E-state index is 0.308. The van der Waals surface area contributed by atoms with Crippen molar-refractivity contribution in [2.45, 2.75) is 19.3 Å². The van der Waals surface area contributed by atoms with E-state index in [0.29, 0.717) is 18.9 Å². The van der Waals surface area contributed by atoms with Gasteiger partial charge in [-0.05, 0) is 19.3 Å². The summed E-state index contributed by atoms with van der Waals surface area (Å²) in [5.41, 5.74) is 0. The van der Waals surface area contributed by atoms with Crippen LogP contribution < -0.4 is 0 Å². The molecule has 1 aliphatic carbocycles. The first-order chi connectivity index (χ1) is 4.70. The molecular formula is C7H10O2. The second-order valence-electron chi connectivity index (χ2n) is 2.22. The Bertz CT molecular complexity index is 174. The average molecular weight is 127 g/mol. The summed E-state index contributed by atoms with van der Waals surface area (Å²) in [6.45, 7) is 0. The fraction of sp³-hybridized carbons (Fsp3) is 0.571. The molecule has 1 unspecified atom stereocenters. The highest BCUT2D eigenvalue weighted by molar-refractivity contribution is 5.70. The van der Waals surface area contributed by atoms with Crippen LogP contribution >= 0.6 is 0 Å². The molecule has 9 heavy (non-hydrogen) atoms. The van der Waals surface area contributed by atoms with Gasteiger partial charge in [0.25, 0.3) is 0 Å². The molecule has 50 valence electrons. The second-order valence-corrected chi connectivity index (χ2v) is 2.22. The third kappa shape index (κ3) is 1.56. The standard InChI is InChI=1S/C7H10O2/c8-7(9)6-4-2-1-3-5-6/h1-2,6H,3-5H2,(H,8,9)/i2D. The van der Waals surface area contributed by atoms with Crippen LogP contribution in [0.15, 0.2) is 12.1 Å². The van der Waals surface area contributed by atoms with E-state index in [2.05, 4.69) is 0 Å². The number of rotatable bonds is 1. The van der Waals surface area contributed by atoms with Crippen molar-refractivity contribution in [2.75, 3.05) is 0 Å². The lowest BCUT2D eigenvalue weighted by Crippen LogP contribution is -2.13. The molecule has 0 heterocycles. The zero-order chi connectivity index (χ0) is 7.56. The molecule has 2 nitrogen and oxygen atoms in total. The van der Waals surface area contributed by atoms with Gasteiger partial charge in [-0.25, -0.2) is 0 Å². The maximum Gasteiger partial charge on any atom is 0.306 e. The maximum atomic E-state index is 10.4. The minimum Gasteiger partial charge on any atom is -0.481 e. The quantitative estimate of drug-likeness (QED) is 0.541. The molecule has 1 aliphatic rings. The summed E-state index contributed by atoms with van der Waals surface area (Å²) in [7, 11) is 0. The first-order valence-corrected chi connectivity index (χ1v) is 3.08. The van der Waals surface area contributed by atoms with Gasteiger partial charge in [-0.3, -0.25) is 4.79 Å². The molecule has 1 atom stereocenters. The number of hydrogen-bond acceptors (Lipinski definition) is 1. The Kier molecular flexibility index (Phi) is 1.49. The summed E-state index contributed by atoms with van der Waals surface area (Å²) >= 11 is 0. The average Bonchev–Trinajstić information content (AvgIpc) is 1.88. The summed E-state index contributed by atoms with van der Waals surface area (Å²) in [4.78, 5) is 10.4. The molecule has 0 saturated heterocycles. The Hall–Kier alpha value is -0.790. The van der Waals surface area contributed by atoms with Gasteiger partial charge in [0.1, 0.15) is 0 Å². The fourth-order valence-electron chi connectivity index (χ4n) is 0.925. The summed E-state index contributed by atoms with van der Waals surface area (Å²) in [6.07, 6.45) is 3.64. The van der Waals surface area contributed by atoms with Crippen LogP contribution in [0.25, 0.3) is 0 Å². The van der Waals surface area contributed by atoms with E-state index in [9.17, 15) is 4.79 Å². The normalized spacial score (nSPS) is 28.7. The molecule has 0 fully saturated rings. The smallest absolute Gasteiger partial charge is 0.306 e. The lowest BCUT2D eigenvalue weighted by molar-refractivity contribution is -0.141. The third-order valence-electron chi connectivity index (χ3n) is 1.52. The maximum absolute atomic E-state index is 10.4. The van der Waals surface area contributed by atoms with Crippen molar-refractivity contribution in [3.05, 3.63) is 12.1 Å². The Morgan fingerprint density at radius 1 is 1.89 bits per heavy atom. The summed E-state index contributed by atoms with van der Waals surface area (Å²) in [5.74, 6) is -1.07. The molecule has 0 aliphatic heterocycles. The zero-order valence-electron chi connectivity index (χ0n) is 6.13. The number of carboxylic acid groups (broad SMARTS) is 1. The first kappa shape index (κ1) is 5.03. The summed E-state index contributed by atoms with van der Waals surface area (Å²) in [6, 6.07) is 0.471. The van der Waals surface area contributed by atoms with E-state index in [1.54, 1.807) is 6.08 Å². The molecule has 0 amide bonds. The number of carboxylic acids is 1. The van der Waals surface area contributed by atoms with Gasteiger partial charge in [0.05, 0.1) is 7.29 Å². The molecule has 0 aromatic heterocycles. The van der Waals surface area contributed by atoms with Crippen molar-refractivity contribution in [1.29, 1.82) is 0 Å². The van der Waals surface area contributed by atoms with Crippen LogP contribution in [-0.4, -0.2) is 11.1 Å². The van der Waals surface area contributed by atoms with E-state index in [1.165, 1.54) is 0 Å². The van der Waals surface area contributed by atoms with Crippen molar-refractivity contribution in [3.8, 4) is 0 Å². The highest BCUT2D eigenvalue weighted by Crippen LogP contribution is 2.17. The molecule has 1 N–H and O–H groups in total. The Balaban J connectivity index is 2.53. The van der Waals surface area contributed by atoms with Crippen molar-refractivity contribution >= 4 is 5.97 Å². The van der Waals surface area contributed by atoms with E-state index in [1.807, 2.05) is 0 Å². The van der Waals surface area contributed by atoms with Gasteiger partial charge in [-0.15, -0.1) is 0 Å². The van der Waals surface area contributed by atoms with Crippen molar-refractivity contribution < 1.29 is 11.3 Å². The van der Waals surface area contributed by atoms with Crippen molar-refractivity contribution in [2.24, 2.45) is 5.92 Å². The SMILES string of the molecule is [2H]C1=CCCC(C(=O)O)C1. The third-order valence-corrected chi connectivity index (χ3v) is 1.52. The van der Waals surface area contributed by atoms with Gasteiger partial charge in [0.2, 0.25) is 0 Å². The van der Waals surface area contributed by atoms with Gasteiger partial charge in [-0.1, -0.05) is 12.1 Å². The van der Waals surface area contributed by atoms with Gasteiger partial charge >= 0.3 is 5.97 Å². The van der Waals surface area contributed by atoms with E-state index < -0.39 is 5.97 Å².